The molecule has 0 aromatic heterocycles. The number of rotatable bonds is 6. The zero-order chi connectivity index (χ0) is 13.1. The largest absolute Gasteiger partial charge is 0.472 e. The van der Waals surface area contributed by atoms with Gasteiger partial charge in [-0.3, -0.25) is 0 Å². The minimum atomic E-state index is -0.615. The second-order valence-electron chi connectivity index (χ2n) is 3.78. The van der Waals surface area contributed by atoms with Crippen LogP contribution in [0.5, 0.6) is 0 Å². The molecular weight excluding hydrogens is 238 g/mol. The van der Waals surface area contributed by atoms with Crippen LogP contribution in [0.3, 0.4) is 0 Å². The van der Waals surface area contributed by atoms with Gasteiger partial charge in [0.05, 0.1) is 13.7 Å². The molecule has 0 rings (SSSR count). The predicted octanol–water partition coefficient (Wildman–Crippen LogP) is 3.70. The highest BCUT2D eigenvalue weighted by atomic mass is 32.2. The van der Waals surface area contributed by atoms with Crippen molar-refractivity contribution in [3.05, 3.63) is 0 Å². The van der Waals surface area contributed by atoms with Gasteiger partial charge in [-0.25, -0.2) is 4.79 Å². The Morgan fingerprint density at radius 1 is 1.41 bits per heavy atom. The number of carbonyl (C=O) groups excluding carboxylic acids is 1. The summed E-state index contributed by atoms with van der Waals surface area (Å²) in [6.07, 6.45) is 5.87. The fourth-order valence-electron chi connectivity index (χ4n) is 1.34. The molecule has 17 heavy (non-hydrogen) atoms. The number of hydrogen-bond donors (Lipinski definition) is 0. The summed E-state index contributed by atoms with van der Waals surface area (Å²) in [4.78, 5) is 14.7. The third-order valence-electron chi connectivity index (χ3n) is 2.52. The zero-order valence-electron chi connectivity index (χ0n) is 11.2. The monoisotopic (exact) mass is 261 g/mol. The molecule has 1 atom stereocenters. The smallest absolute Gasteiger partial charge is 0.437 e. The summed E-state index contributed by atoms with van der Waals surface area (Å²) in [5.41, 5.74) is 0. The first-order valence-corrected chi connectivity index (χ1v) is 7.23. The van der Waals surface area contributed by atoms with Crippen LogP contribution < -0.4 is 0 Å². The third-order valence-corrected chi connectivity index (χ3v) is 3.08. The maximum atomic E-state index is 11.0. The second-order valence-corrected chi connectivity index (χ2v) is 4.54. The van der Waals surface area contributed by atoms with Gasteiger partial charge in [-0.05, 0) is 18.6 Å². The molecule has 0 bridgehead atoms. The van der Waals surface area contributed by atoms with Crippen molar-refractivity contribution in [1.82, 2.24) is 0 Å². The van der Waals surface area contributed by atoms with Gasteiger partial charge in [-0.15, -0.1) is 4.99 Å². The molecule has 1 amide bonds. The van der Waals surface area contributed by atoms with E-state index in [1.54, 1.807) is 0 Å². The Hall–Kier alpha value is -0.710. The molecule has 0 saturated heterocycles. The number of unbranched alkanes of at least 4 members (excludes halogenated alkanes) is 1. The first kappa shape index (κ1) is 16.3. The Bertz CT molecular complexity index is 244. The molecule has 1 unspecified atom stereocenters. The molecule has 0 aromatic rings. The summed E-state index contributed by atoms with van der Waals surface area (Å²) >= 11 is 1.32. The average Bonchev–Trinajstić information content (AvgIpc) is 2.37. The van der Waals surface area contributed by atoms with Crippen LogP contribution in [-0.4, -0.2) is 31.3 Å². The normalized spacial score (nSPS) is 13.3. The number of thioether (sulfide) groups is 1. The van der Waals surface area contributed by atoms with Gasteiger partial charge in [0.1, 0.15) is 0 Å². The van der Waals surface area contributed by atoms with Gasteiger partial charge in [0.25, 0.3) is 5.23 Å². The maximum Gasteiger partial charge on any atom is 0.437 e. The molecule has 0 aromatic carbocycles. The van der Waals surface area contributed by atoms with E-state index in [1.165, 1.54) is 31.7 Å². The van der Waals surface area contributed by atoms with Crippen molar-refractivity contribution >= 4 is 23.1 Å². The van der Waals surface area contributed by atoms with Crippen molar-refractivity contribution in [3.8, 4) is 0 Å². The van der Waals surface area contributed by atoms with Gasteiger partial charge in [0, 0.05) is 0 Å². The molecule has 0 heterocycles. The fraction of sp³-hybridized carbons (Fsp3) is 0.833. The molecule has 0 aliphatic rings. The first-order chi connectivity index (χ1) is 8.17. The van der Waals surface area contributed by atoms with Crippen LogP contribution >= 0.6 is 11.8 Å². The van der Waals surface area contributed by atoms with E-state index in [0.717, 1.165) is 12.8 Å². The molecule has 100 valence electrons. The first-order valence-electron chi connectivity index (χ1n) is 6.01. The predicted molar refractivity (Wildman–Crippen MR) is 72.6 cm³/mol. The van der Waals surface area contributed by atoms with E-state index in [2.05, 4.69) is 23.6 Å². The number of amides is 1. The second kappa shape index (κ2) is 10.4. The highest BCUT2D eigenvalue weighted by Gasteiger charge is 2.09. The van der Waals surface area contributed by atoms with E-state index in [-0.39, 0.29) is 0 Å². The zero-order valence-corrected chi connectivity index (χ0v) is 12.0. The number of nitrogens with zero attached hydrogens (tertiary/aromatic N) is 1. The van der Waals surface area contributed by atoms with Gasteiger partial charge < -0.3 is 9.47 Å². The molecule has 0 spiro atoms. The summed E-state index contributed by atoms with van der Waals surface area (Å²) in [6, 6.07) is 0. The van der Waals surface area contributed by atoms with Gasteiger partial charge in [0.2, 0.25) is 0 Å². The lowest BCUT2D eigenvalue weighted by Crippen LogP contribution is -2.13. The molecule has 0 radical (unpaired) electrons. The van der Waals surface area contributed by atoms with Gasteiger partial charge in [0.15, 0.2) is 0 Å². The molecular formula is C12H23NO3S. The lowest BCUT2D eigenvalue weighted by molar-refractivity contribution is 0.180. The molecule has 0 fully saturated rings. The number of ether oxygens (including phenoxy) is 2. The highest BCUT2D eigenvalue weighted by Crippen LogP contribution is 2.14. The molecule has 0 aliphatic carbocycles. The van der Waals surface area contributed by atoms with E-state index in [1.807, 2.05) is 6.26 Å². The van der Waals surface area contributed by atoms with Gasteiger partial charge in [-0.1, -0.05) is 44.9 Å². The van der Waals surface area contributed by atoms with Crippen LogP contribution in [0.2, 0.25) is 0 Å². The standard InChI is InChI=1S/C12H23NO3S/c1-5-7-8-10(6-2)9-16-12(17-4)13-11(14)15-3/h10H,5-9H2,1-4H3/b13-12+. The van der Waals surface area contributed by atoms with Crippen molar-refractivity contribution in [2.45, 2.75) is 39.5 Å². The molecule has 0 aliphatic heterocycles. The topological polar surface area (TPSA) is 47.9 Å². The number of hydrogen-bond acceptors (Lipinski definition) is 4. The van der Waals surface area contributed by atoms with Crippen LogP contribution in [0.4, 0.5) is 4.79 Å². The Morgan fingerprint density at radius 2 is 2.12 bits per heavy atom. The lowest BCUT2D eigenvalue weighted by atomic mass is 10.0. The Kier molecular flexibility index (Phi) is 10.0. The van der Waals surface area contributed by atoms with Gasteiger partial charge >= 0.3 is 6.09 Å². The SMILES string of the molecule is CCCCC(CC)CO/C(=N\C(=O)OC)SC. The summed E-state index contributed by atoms with van der Waals surface area (Å²) in [5.74, 6) is 0.532. The lowest BCUT2D eigenvalue weighted by Gasteiger charge is -2.15. The van der Waals surface area contributed by atoms with Crippen molar-refractivity contribution in [2.24, 2.45) is 10.9 Å². The van der Waals surface area contributed by atoms with E-state index >= 15 is 0 Å². The third kappa shape index (κ3) is 8.07. The van der Waals surface area contributed by atoms with E-state index < -0.39 is 6.09 Å². The average molecular weight is 261 g/mol. The number of aliphatic imine (C=N–C) groups is 1. The van der Waals surface area contributed by atoms with Crippen LogP contribution in [0.25, 0.3) is 0 Å². The molecule has 0 N–H and O–H groups in total. The molecule has 4 nitrogen and oxygen atoms in total. The Labute approximate surface area is 108 Å². The summed E-state index contributed by atoms with van der Waals surface area (Å²) in [6.45, 7) is 4.95. The summed E-state index contributed by atoms with van der Waals surface area (Å²) < 4.78 is 9.99. The molecule has 5 heteroatoms. The van der Waals surface area contributed by atoms with E-state index in [9.17, 15) is 4.79 Å². The van der Waals surface area contributed by atoms with Crippen LogP contribution in [0.15, 0.2) is 4.99 Å². The van der Waals surface area contributed by atoms with Gasteiger partial charge in [-0.2, -0.15) is 0 Å². The quantitative estimate of drug-likeness (QED) is 0.540. The van der Waals surface area contributed by atoms with Crippen LogP contribution in [-0.2, 0) is 9.47 Å². The minimum Gasteiger partial charge on any atom is -0.472 e. The van der Waals surface area contributed by atoms with Crippen molar-refractivity contribution < 1.29 is 14.3 Å². The Balaban J connectivity index is 4.10. The van der Waals surface area contributed by atoms with E-state index in [0.29, 0.717) is 17.8 Å². The molecule has 0 saturated carbocycles. The Morgan fingerprint density at radius 3 is 2.59 bits per heavy atom. The highest BCUT2D eigenvalue weighted by molar-refractivity contribution is 8.13. The van der Waals surface area contributed by atoms with Crippen molar-refractivity contribution in [1.29, 1.82) is 0 Å². The fourth-order valence-corrected chi connectivity index (χ4v) is 1.70. The summed E-state index contributed by atoms with van der Waals surface area (Å²) in [7, 11) is 1.31. The van der Waals surface area contributed by atoms with E-state index in [4.69, 9.17) is 4.74 Å². The number of carbonyl (C=O) groups is 1. The minimum absolute atomic E-state index is 0.381. The van der Waals surface area contributed by atoms with Crippen LogP contribution in [0.1, 0.15) is 39.5 Å². The summed E-state index contributed by atoms with van der Waals surface area (Å²) in [5, 5.41) is 0.381. The van der Waals surface area contributed by atoms with Crippen molar-refractivity contribution in [2.75, 3.05) is 20.0 Å². The maximum absolute atomic E-state index is 11.0. The van der Waals surface area contributed by atoms with Crippen LogP contribution in [0, 0.1) is 5.92 Å². The van der Waals surface area contributed by atoms with Crippen molar-refractivity contribution in [3.63, 3.8) is 0 Å². The number of methoxy groups -OCH3 is 1.